The molecular formula is C2H6MnN2O8P2. The van der Waals surface area contributed by atoms with Crippen molar-refractivity contribution in [2.24, 2.45) is 11.5 Å². The maximum atomic E-state index is 9.44. The van der Waals surface area contributed by atoms with Crippen LogP contribution < -0.4 is 21.3 Å². The molecule has 89 valence electrons. The van der Waals surface area contributed by atoms with Crippen molar-refractivity contribution in [1.29, 1.82) is 0 Å². The Hall–Kier alpha value is -0.241. The van der Waals surface area contributed by atoms with Crippen LogP contribution in [0.25, 0.3) is 0 Å². The molecule has 10 nitrogen and oxygen atoms in total. The van der Waals surface area contributed by atoms with E-state index in [2.05, 4.69) is 11.5 Å². The minimum absolute atomic E-state index is 0. The van der Waals surface area contributed by atoms with E-state index in [0.29, 0.717) is 0 Å². The summed E-state index contributed by atoms with van der Waals surface area (Å²) < 4.78 is 18.9. The minimum Gasteiger partial charge on any atom is -0.772 e. The second-order valence-corrected chi connectivity index (χ2v) is 4.68. The van der Waals surface area contributed by atoms with Crippen LogP contribution in [0.3, 0.4) is 0 Å². The predicted molar refractivity (Wildman–Crippen MR) is 38.8 cm³/mol. The van der Waals surface area contributed by atoms with Crippen LogP contribution in [0.4, 0.5) is 9.59 Å². The third-order valence-electron chi connectivity index (χ3n) is 0.557. The molecule has 15 heavy (non-hydrogen) atoms. The molecule has 0 aliphatic heterocycles. The Morgan fingerprint density at radius 1 is 0.933 bits per heavy atom. The summed E-state index contributed by atoms with van der Waals surface area (Å²) in [5.41, 5.74) is 4.81. The number of hydrogen-bond acceptors (Lipinski definition) is 6. The fraction of sp³-hybridized carbons (Fsp3) is 0. The SMILES string of the molecule is NC(=O)P(=O)([O-])O.NC(=O)P(=O)([O-])O.[Mn+2]. The van der Waals surface area contributed by atoms with Crippen molar-refractivity contribution in [3.8, 4) is 0 Å². The van der Waals surface area contributed by atoms with Crippen molar-refractivity contribution < 1.29 is 55.4 Å². The first-order valence-corrected chi connectivity index (χ1v) is 5.72. The third-order valence-corrected chi connectivity index (χ3v) is 1.67. The predicted octanol–water partition coefficient (Wildman–Crippen LogP) is -2.78. The summed E-state index contributed by atoms with van der Waals surface area (Å²) in [6, 6.07) is 0. The van der Waals surface area contributed by atoms with Crippen molar-refractivity contribution in [2.45, 2.75) is 0 Å². The molecule has 0 spiro atoms. The molecule has 0 saturated carbocycles. The molecule has 2 amide bonds. The average molecular weight is 303 g/mol. The molecule has 0 rings (SSSR count). The average Bonchev–Trinajstić information content (AvgIpc) is 1.83. The van der Waals surface area contributed by atoms with E-state index in [9.17, 15) is 28.5 Å². The molecule has 0 aliphatic rings. The van der Waals surface area contributed by atoms with Crippen LogP contribution in [0, 0.1) is 0 Å². The van der Waals surface area contributed by atoms with Crippen LogP contribution >= 0.6 is 15.2 Å². The second kappa shape index (κ2) is 7.10. The van der Waals surface area contributed by atoms with Crippen molar-refractivity contribution in [3.05, 3.63) is 0 Å². The molecule has 0 bridgehead atoms. The largest absolute Gasteiger partial charge is 2.00 e. The number of amides is 2. The summed E-state index contributed by atoms with van der Waals surface area (Å²) in [5, 5.41) is 0. The van der Waals surface area contributed by atoms with Gasteiger partial charge in [-0.25, -0.2) is 0 Å². The molecule has 6 N–H and O–H groups in total. The van der Waals surface area contributed by atoms with Crippen molar-refractivity contribution in [1.82, 2.24) is 0 Å². The summed E-state index contributed by atoms with van der Waals surface area (Å²) in [6.45, 7) is 0. The van der Waals surface area contributed by atoms with E-state index >= 15 is 0 Å². The molecule has 0 aromatic heterocycles. The monoisotopic (exact) mass is 303 g/mol. The molecule has 0 aromatic carbocycles. The molecule has 0 aliphatic carbocycles. The van der Waals surface area contributed by atoms with Crippen molar-refractivity contribution in [3.63, 3.8) is 0 Å². The zero-order valence-corrected chi connectivity index (χ0v) is 9.74. The standard InChI is InChI=1S/2CH4NO4P.Mn/c2*2-1(3)7(4,5)6;/h2*(H2,2,3)(H2,4,5,6);/q;;+2/p-2. The van der Waals surface area contributed by atoms with Gasteiger partial charge in [0.25, 0.3) is 11.3 Å². The van der Waals surface area contributed by atoms with Crippen LogP contribution in [0.5, 0.6) is 0 Å². The molecule has 1 radical (unpaired) electrons. The van der Waals surface area contributed by atoms with Gasteiger partial charge in [0.05, 0.1) is 0 Å². The Morgan fingerprint density at radius 3 is 1.00 bits per heavy atom. The molecule has 2 atom stereocenters. The van der Waals surface area contributed by atoms with Gasteiger partial charge in [-0.05, 0) is 0 Å². The first kappa shape index (κ1) is 20.2. The molecule has 0 heterocycles. The summed E-state index contributed by atoms with van der Waals surface area (Å²) in [4.78, 5) is 53.0. The quantitative estimate of drug-likeness (QED) is 0.309. The van der Waals surface area contributed by atoms with E-state index in [1.165, 1.54) is 0 Å². The van der Waals surface area contributed by atoms with Gasteiger partial charge in [-0.15, -0.1) is 0 Å². The molecular weight excluding hydrogens is 297 g/mol. The van der Waals surface area contributed by atoms with Crippen LogP contribution in [0.15, 0.2) is 0 Å². The smallest absolute Gasteiger partial charge is 0.772 e. The van der Waals surface area contributed by atoms with Gasteiger partial charge in [-0.2, -0.15) is 0 Å². The maximum Gasteiger partial charge on any atom is 2.00 e. The topological polar surface area (TPSA) is 207 Å². The molecule has 0 fully saturated rings. The Kier molecular flexibility index (Phi) is 9.57. The molecule has 0 saturated heterocycles. The van der Waals surface area contributed by atoms with E-state index in [0.717, 1.165) is 0 Å². The zero-order chi connectivity index (χ0) is 12.2. The summed E-state index contributed by atoms with van der Waals surface area (Å²) in [5.74, 6) is 0. The second-order valence-electron chi connectivity index (χ2n) is 1.72. The zero-order valence-electron chi connectivity index (χ0n) is 6.77. The first-order chi connectivity index (χ1) is 5.89. The van der Waals surface area contributed by atoms with Gasteiger partial charge in [0, 0.05) is 0 Å². The third kappa shape index (κ3) is 13.8. The van der Waals surface area contributed by atoms with Crippen LogP contribution in [-0.2, 0) is 26.2 Å². The fourth-order valence-electron chi connectivity index (χ4n) is 0. The summed E-state index contributed by atoms with van der Waals surface area (Å²) >= 11 is 0. The van der Waals surface area contributed by atoms with Gasteiger partial charge < -0.3 is 31.0 Å². The number of rotatable bonds is 2. The number of hydrogen-bond donors (Lipinski definition) is 4. The van der Waals surface area contributed by atoms with Crippen molar-refractivity contribution in [2.75, 3.05) is 0 Å². The molecule has 2 unspecified atom stereocenters. The Balaban J connectivity index is -0.000000180. The van der Waals surface area contributed by atoms with Gasteiger partial charge >= 0.3 is 17.1 Å². The first-order valence-electron chi connectivity index (χ1n) is 2.56. The van der Waals surface area contributed by atoms with Gasteiger partial charge in [0.1, 0.15) is 0 Å². The Bertz CT molecular complexity index is 285. The number of carbonyl (C=O) groups excluding carboxylic acids is 2. The Morgan fingerprint density at radius 2 is 1.00 bits per heavy atom. The van der Waals surface area contributed by atoms with Crippen LogP contribution in [0.2, 0.25) is 0 Å². The van der Waals surface area contributed by atoms with Crippen LogP contribution in [-0.4, -0.2) is 21.1 Å². The number of primary amides is 2. The van der Waals surface area contributed by atoms with Gasteiger partial charge in [0.2, 0.25) is 15.2 Å². The summed E-state index contributed by atoms with van der Waals surface area (Å²) in [7, 11) is -9.70. The maximum absolute atomic E-state index is 9.44. The number of nitrogens with two attached hydrogens (primary N) is 2. The van der Waals surface area contributed by atoms with Gasteiger partial charge in [-0.3, -0.25) is 18.7 Å². The van der Waals surface area contributed by atoms with Crippen LogP contribution in [0.1, 0.15) is 0 Å². The van der Waals surface area contributed by atoms with Crippen molar-refractivity contribution >= 4 is 26.5 Å². The van der Waals surface area contributed by atoms with E-state index in [1.807, 2.05) is 0 Å². The molecule has 13 heteroatoms. The van der Waals surface area contributed by atoms with E-state index in [4.69, 9.17) is 9.79 Å². The van der Waals surface area contributed by atoms with E-state index in [-0.39, 0.29) is 17.1 Å². The summed E-state index contributed by atoms with van der Waals surface area (Å²) in [6.07, 6.45) is 0. The van der Waals surface area contributed by atoms with E-state index in [1.54, 1.807) is 0 Å². The minimum atomic E-state index is -4.85. The normalized spacial score (nSPS) is 16.8. The molecule has 0 aromatic rings. The van der Waals surface area contributed by atoms with E-state index < -0.39 is 26.5 Å². The van der Waals surface area contributed by atoms with Gasteiger partial charge in [0.15, 0.2) is 0 Å². The van der Waals surface area contributed by atoms with Gasteiger partial charge in [-0.1, -0.05) is 0 Å². The Labute approximate surface area is 93.8 Å². The fourth-order valence-corrected chi connectivity index (χ4v) is 0. The number of carbonyl (C=O) groups is 2.